The molecule has 2 amide bonds. The first-order valence-corrected chi connectivity index (χ1v) is 9.99. The van der Waals surface area contributed by atoms with E-state index < -0.39 is 0 Å². The molecule has 1 heterocycles. The Morgan fingerprint density at radius 3 is 2.35 bits per heavy atom. The van der Waals surface area contributed by atoms with E-state index in [0.29, 0.717) is 13.1 Å². The second kappa shape index (κ2) is 11.0. The van der Waals surface area contributed by atoms with E-state index in [9.17, 15) is 4.79 Å². The van der Waals surface area contributed by atoms with Gasteiger partial charge in [-0.25, -0.2) is 4.79 Å². The summed E-state index contributed by atoms with van der Waals surface area (Å²) >= 11 is 1.68. The van der Waals surface area contributed by atoms with Gasteiger partial charge in [0.2, 0.25) is 0 Å². The summed E-state index contributed by atoms with van der Waals surface area (Å²) in [6, 6.07) is 12.1. The van der Waals surface area contributed by atoms with E-state index in [0.717, 1.165) is 18.7 Å². The van der Waals surface area contributed by atoms with Crippen molar-refractivity contribution in [2.45, 2.75) is 26.0 Å². The van der Waals surface area contributed by atoms with Crippen LogP contribution in [0, 0.1) is 0 Å². The maximum Gasteiger partial charge on any atom is 0.314 e. The third-order valence-corrected chi connectivity index (χ3v) is 5.24. The lowest BCUT2D eigenvalue weighted by atomic mass is 10.1. The van der Waals surface area contributed by atoms with Crippen molar-refractivity contribution in [1.82, 2.24) is 15.5 Å². The summed E-state index contributed by atoms with van der Waals surface area (Å²) in [4.78, 5) is 14.6. The van der Waals surface area contributed by atoms with Crippen LogP contribution in [0.5, 0.6) is 0 Å². The first-order valence-electron chi connectivity index (χ1n) is 9.05. The Kier molecular flexibility index (Phi) is 8.61. The molecule has 0 aliphatic rings. The number of nitrogens with one attached hydrogen (secondary N) is 2. The molecular formula is C20H29N3O2S. The molecule has 0 saturated carbocycles. The molecule has 0 aliphatic heterocycles. The Morgan fingerprint density at radius 1 is 1.08 bits per heavy atom. The monoisotopic (exact) mass is 375 g/mol. The molecule has 2 rings (SSSR count). The number of carbonyl (C=O) groups is 1. The normalized spacial score (nSPS) is 13.4. The van der Waals surface area contributed by atoms with Crippen LogP contribution in [0.4, 0.5) is 4.79 Å². The zero-order valence-corrected chi connectivity index (χ0v) is 16.6. The highest BCUT2D eigenvalue weighted by atomic mass is 32.1. The summed E-state index contributed by atoms with van der Waals surface area (Å²) in [5, 5.41) is 10.2. The molecule has 2 unspecified atom stereocenters. The molecule has 1 aromatic carbocycles. The fourth-order valence-corrected chi connectivity index (χ4v) is 3.74. The standard InChI is InChI=1S/C20H29N3O2S/c1-4-23(5-2)18(17-11-12-26-15-17)13-21-20(24)22-14-19(25-3)16-9-7-6-8-10-16/h6-12,15,18-19H,4-5,13-14H2,1-3H3,(H2,21,22,24). The number of rotatable bonds is 10. The third-order valence-electron chi connectivity index (χ3n) is 4.54. The zero-order chi connectivity index (χ0) is 18.8. The molecule has 6 heteroatoms. The van der Waals surface area contributed by atoms with Gasteiger partial charge in [0, 0.05) is 20.2 Å². The summed E-state index contributed by atoms with van der Waals surface area (Å²) in [5.74, 6) is 0. The SMILES string of the molecule is CCN(CC)C(CNC(=O)NCC(OC)c1ccccc1)c1ccsc1. The smallest absolute Gasteiger partial charge is 0.314 e. The van der Waals surface area contributed by atoms with Gasteiger partial charge in [-0.15, -0.1) is 0 Å². The number of ether oxygens (including phenoxy) is 1. The average molecular weight is 376 g/mol. The van der Waals surface area contributed by atoms with E-state index >= 15 is 0 Å². The van der Waals surface area contributed by atoms with Gasteiger partial charge in [0.05, 0.1) is 12.1 Å². The zero-order valence-electron chi connectivity index (χ0n) is 15.8. The molecule has 26 heavy (non-hydrogen) atoms. The van der Waals surface area contributed by atoms with E-state index in [4.69, 9.17) is 4.74 Å². The lowest BCUT2D eigenvalue weighted by Gasteiger charge is -2.29. The van der Waals surface area contributed by atoms with Crippen molar-refractivity contribution in [1.29, 1.82) is 0 Å². The van der Waals surface area contributed by atoms with Gasteiger partial charge in [-0.05, 0) is 41.0 Å². The Balaban J connectivity index is 1.87. The minimum absolute atomic E-state index is 0.155. The van der Waals surface area contributed by atoms with Crippen molar-refractivity contribution in [3.05, 3.63) is 58.3 Å². The van der Waals surface area contributed by atoms with Gasteiger partial charge in [0.1, 0.15) is 0 Å². The number of nitrogens with zero attached hydrogens (tertiary/aromatic N) is 1. The molecule has 5 nitrogen and oxygen atoms in total. The molecular weight excluding hydrogens is 346 g/mol. The third kappa shape index (κ3) is 5.83. The van der Waals surface area contributed by atoms with Crippen molar-refractivity contribution in [2.24, 2.45) is 0 Å². The van der Waals surface area contributed by atoms with Crippen LogP contribution in [0.25, 0.3) is 0 Å². The van der Waals surface area contributed by atoms with Crippen LogP contribution in [-0.4, -0.2) is 44.2 Å². The predicted octanol–water partition coefficient (Wildman–Crippen LogP) is 3.82. The molecule has 142 valence electrons. The number of methoxy groups -OCH3 is 1. The molecule has 0 saturated heterocycles. The van der Waals surface area contributed by atoms with E-state index in [2.05, 4.69) is 46.2 Å². The first kappa shape index (κ1) is 20.4. The summed E-state index contributed by atoms with van der Waals surface area (Å²) in [7, 11) is 1.66. The van der Waals surface area contributed by atoms with E-state index in [1.54, 1.807) is 18.4 Å². The predicted molar refractivity (Wildman–Crippen MR) is 108 cm³/mol. The van der Waals surface area contributed by atoms with Crippen molar-refractivity contribution >= 4 is 17.4 Å². The lowest BCUT2D eigenvalue weighted by molar-refractivity contribution is 0.104. The summed E-state index contributed by atoms with van der Waals surface area (Å²) in [6.45, 7) is 7.19. The number of urea groups is 1. The van der Waals surface area contributed by atoms with Crippen molar-refractivity contribution in [3.8, 4) is 0 Å². The van der Waals surface area contributed by atoms with Crippen LogP contribution in [0.15, 0.2) is 47.2 Å². The van der Waals surface area contributed by atoms with Gasteiger partial charge >= 0.3 is 6.03 Å². The molecule has 0 radical (unpaired) electrons. The van der Waals surface area contributed by atoms with Crippen LogP contribution in [0.2, 0.25) is 0 Å². The number of amides is 2. The fraction of sp³-hybridized carbons (Fsp3) is 0.450. The van der Waals surface area contributed by atoms with Crippen molar-refractivity contribution in [2.75, 3.05) is 33.3 Å². The molecule has 0 spiro atoms. The second-order valence-corrected chi connectivity index (χ2v) is 6.80. The van der Waals surface area contributed by atoms with E-state index in [-0.39, 0.29) is 18.2 Å². The van der Waals surface area contributed by atoms with Gasteiger partial charge in [0.15, 0.2) is 0 Å². The average Bonchev–Trinajstić information content (AvgIpc) is 3.21. The number of thiophene rings is 1. The highest BCUT2D eigenvalue weighted by Crippen LogP contribution is 2.22. The molecule has 2 N–H and O–H groups in total. The second-order valence-electron chi connectivity index (χ2n) is 6.02. The molecule has 0 bridgehead atoms. The molecule has 2 atom stereocenters. The Morgan fingerprint density at radius 2 is 1.77 bits per heavy atom. The minimum Gasteiger partial charge on any atom is -0.375 e. The maximum atomic E-state index is 12.3. The van der Waals surface area contributed by atoms with Crippen molar-refractivity contribution in [3.63, 3.8) is 0 Å². The number of hydrogen-bond donors (Lipinski definition) is 2. The summed E-state index contributed by atoms with van der Waals surface area (Å²) < 4.78 is 5.49. The molecule has 1 aromatic heterocycles. The number of benzene rings is 1. The summed E-state index contributed by atoms with van der Waals surface area (Å²) in [6.07, 6.45) is -0.155. The van der Waals surface area contributed by atoms with E-state index in [1.165, 1.54) is 5.56 Å². The number of hydrogen-bond acceptors (Lipinski definition) is 4. The van der Waals surface area contributed by atoms with Gasteiger partial charge < -0.3 is 15.4 Å². The minimum atomic E-state index is -0.171. The van der Waals surface area contributed by atoms with Gasteiger partial charge in [0.25, 0.3) is 0 Å². The highest BCUT2D eigenvalue weighted by Gasteiger charge is 2.19. The van der Waals surface area contributed by atoms with Crippen molar-refractivity contribution < 1.29 is 9.53 Å². The lowest BCUT2D eigenvalue weighted by Crippen LogP contribution is -2.43. The Bertz CT molecular complexity index is 630. The van der Waals surface area contributed by atoms with Crippen LogP contribution in [0.1, 0.15) is 37.1 Å². The Labute approximate surface area is 160 Å². The van der Waals surface area contributed by atoms with Crippen LogP contribution in [0.3, 0.4) is 0 Å². The maximum absolute atomic E-state index is 12.3. The summed E-state index contributed by atoms with van der Waals surface area (Å²) in [5.41, 5.74) is 2.30. The highest BCUT2D eigenvalue weighted by molar-refractivity contribution is 7.07. The number of likely N-dealkylation sites (N-methyl/N-ethyl adjacent to an activating group) is 1. The van der Waals surface area contributed by atoms with Gasteiger partial charge in [-0.1, -0.05) is 44.2 Å². The van der Waals surface area contributed by atoms with Crippen LogP contribution >= 0.6 is 11.3 Å². The Hall–Kier alpha value is -1.89. The van der Waals surface area contributed by atoms with E-state index in [1.807, 2.05) is 30.3 Å². The first-order chi connectivity index (χ1) is 12.7. The quantitative estimate of drug-likeness (QED) is 0.664. The van der Waals surface area contributed by atoms with Gasteiger partial charge in [-0.2, -0.15) is 11.3 Å². The van der Waals surface area contributed by atoms with Gasteiger partial charge in [-0.3, -0.25) is 4.90 Å². The largest absolute Gasteiger partial charge is 0.375 e. The molecule has 0 aliphatic carbocycles. The molecule has 2 aromatic rings. The van der Waals surface area contributed by atoms with Crippen LogP contribution < -0.4 is 10.6 Å². The molecule has 0 fully saturated rings. The van der Waals surface area contributed by atoms with Crippen LogP contribution in [-0.2, 0) is 4.74 Å². The number of carbonyl (C=O) groups excluding carboxylic acids is 1. The topological polar surface area (TPSA) is 53.6 Å². The fourth-order valence-electron chi connectivity index (χ4n) is 3.03.